The van der Waals surface area contributed by atoms with Crippen molar-refractivity contribution in [2.75, 3.05) is 48.4 Å². The molecule has 0 saturated carbocycles. The summed E-state index contributed by atoms with van der Waals surface area (Å²) >= 11 is 13.4. The Labute approximate surface area is 200 Å². The van der Waals surface area contributed by atoms with Crippen molar-refractivity contribution in [1.82, 2.24) is 5.32 Å². The predicted octanol–water partition coefficient (Wildman–Crippen LogP) is 3.06. The quantitative estimate of drug-likeness (QED) is 0.302. The van der Waals surface area contributed by atoms with E-state index in [1.54, 1.807) is 18.7 Å². The van der Waals surface area contributed by atoms with Gasteiger partial charge in [0, 0.05) is 30.5 Å². The minimum absolute atomic E-state index is 0. The predicted molar refractivity (Wildman–Crippen MR) is 131 cm³/mol. The van der Waals surface area contributed by atoms with E-state index in [9.17, 15) is 9.59 Å². The van der Waals surface area contributed by atoms with E-state index in [-0.39, 0.29) is 24.9 Å². The normalized spacial score (nSPS) is 12.4. The molecule has 6 nitrogen and oxygen atoms in total. The summed E-state index contributed by atoms with van der Waals surface area (Å²) in [4.78, 5) is 26.7. The van der Waals surface area contributed by atoms with Crippen molar-refractivity contribution in [3.8, 4) is 0 Å². The first-order valence-corrected chi connectivity index (χ1v) is 12.1. The summed E-state index contributed by atoms with van der Waals surface area (Å²) in [5.74, 6) is 0.926. The molecule has 1 rings (SSSR count). The summed E-state index contributed by atoms with van der Waals surface area (Å²) in [5.41, 5.74) is 8.03. The fraction of sp³-hybridized carbons (Fsp3) is 0.600. The number of nitrogens with zero attached hydrogens (tertiary/aromatic N) is 1. The number of nitrogens with one attached hydrogen (secondary N) is 1. The van der Waals surface area contributed by atoms with Gasteiger partial charge < -0.3 is 20.7 Å². The number of carbonyl (C=O) groups excluding carboxylic acids is 2. The highest BCUT2D eigenvalue weighted by molar-refractivity contribution is 7.98. The van der Waals surface area contributed by atoms with Crippen LogP contribution in [0.4, 0.5) is 5.69 Å². The molecule has 0 heterocycles. The zero-order valence-electron chi connectivity index (χ0n) is 17.4. The van der Waals surface area contributed by atoms with Crippen molar-refractivity contribution < 1.29 is 14.3 Å². The van der Waals surface area contributed by atoms with Gasteiger partial charge in [0.1, 0.15) is 6.04 Å². The van der Waals surface area contributed by atoms with Crippen molar-refractivity contribution >= 4 is 64.9 Å². The van der Waals surface area contributed by atoms with Crippen LogP contribution in [0.5, 0.6) is 0 Å². The molecule has 0 spiro atoms. The molecular formula is C20H32Cl3N3O3S. The van der Waals surface area contributed by atoms with Crippen LogP contribution in [0.25, 0.3) is 0 Å². The summed E-state index contributed by atoms with van der Waals surface area (Å²) in [6, 6.07) is 6.36. The number of benzene rings is 1. The van der Waals surface area contributed by atoms with Gasteiger partial charge >= 0.3 is 5.97 Å². The zero-order valence-corrected chi connectivity index (χ0v) is 20.6. The molecule has 0 fully saturated rings. The molecule has 0 aromatic heterocycles. The first kappa shape index (κ1) is 29.1. The first-order chi connectivity index (χ1) is 14.0. The van der Waals surface area contributed by atoms with Gasteiger partial charge in [0.25, 0.3) is 0 Å². The molecule has 1 amide bonds. The Morgan fingerprint density at radius 3 is 2.50 bits per heavy atom. The number of esters is 1. The van der Waals surface area contributed by atoms with Gasteiger partial charge in [-0.1, -0.05) is 12.1 Å². The molecule has 0 unspecified atom stereocenters. The fourth-order valence-corrected chi connectivity index (χ4v) is 3.69. The number of ether oxygens (including phenoxy) is 1. The average molecular weight is 501 g/mol. The summed E-state index contributed by atoms with van der Waals surface area (Å²) in [5, 5.41) is 2.74. The standard InChI is InChI=1S/C20H31Cl2N3O3S.ClH/c1-3-28-20(27)18(7-12-29-2)24-19(26)17(23)14-15-5-4-6-16(13-15)25(10-8-21)11-9-22;/h4-6,13,17-18H,3,7-12,14,23H2,1-2H3,(H,24,26);1H/t17-,18-;/m0./s1. The number of carbonyl (C=O) groups is 2. The molecule has 10 heteroatoms. The largest absolute Gasteiger partial charge is 0.464 e. The Balaban J connectivity index is 0.00000841. The maximum absolute atomic E-state index is 12.6. The third-order valence-corrected chi connectivity index (χ3v) is 5.26. The molecule has 30 heavy (non-hydrogen) atoms. The second-order valence-corrected chi connectivity index (χ2v) is 8.18. The van der Waals surface area contributed by atoms with Crippen molar-refractivity contribution in [2.24, 2.45) is 5.73 Å². The molecule has 0 radical (unpaired) electrons. The number of alkyl halides is 2. The molecule has 0 aliphatic carbocycles. The van der Waals surface area contributed by atoms with Gasteiger partial charge in [0.15, 0.2) is 0 Å². The molecule has 3 N–H and O–H groups in total. The number of thioether (sulfide) groups is 1. The van der Waals surface area contributed by atoms with Crippen LogP contribution in [0.2, 0.25) is 0 Å². The highest BCUT2D eigenvalue weighted by Crippen LogP contribution is 2.17. The second-order valence-electron chi connectivity index (χ2n) is 6.44. The van der Waals surface area contributed by atoms with Crippen LogP contribution < -0.4 is 16.0 Å². The lowest BCUT2D eigenvalue weighted by atomic mass is 10.0. The van der Waals surface area contributed by atoms with E-state index in [0.29, 0.717) is 37.7 Å². The van der Waals surface area contributed by atoms with Crippen LogP contribution in [-0.4, -0.2) is 67.4 Å². The number of amides is 1. The van der Waals surface area contributed by atoms with Gasteiger partial charge in [-0.3, -0.25) is 4.79 Å². The molecule has 1 aromatic carbocycles. The lowest BCUT2D eigenvalue weighted by Gasteiger charge is -2.24. The molecule has 0 aliphatic heterocycles. The van der Waals surface area contributed by atoms with E-state index in [1.165, 1.54) is 0 Å². The topological polar surface area (TPSA) is 84.7 Å². The van der Waals surface area contributed by atoms with Crippen molar-refractivity contribution in [3.63, 3.8) is 0 Å². The number of rotatable bonds is 14. The number of nitrogens with two attached hydrogens (primary N) is 1. The Hall–Kier alpha value is -0.860. The summed E-state index contributed by atoms with van der Waals surface area (Å²) in [6.45, 7) is 3.37. The minimum atomic E-state index is -0.772. The second kappa shape index (κ2) is 16.8. The number of halogens is 3. The minimum Gasteiger partial charge on any atom is -0.464 e. The highest BCUT2D eigenvalue weighted by atomic mass is 35.5. The maximum atomic E-state index is 12.6. The maximum Gasteiger partial charge on any atom is 0.328 e. The van der Waals surface area contributed by atoms with Crippen LogP contribution in [-0.2, 0) is 20.7 Å². The van der Waals surface area contributed by atoms with Gasteiger partial charge in [-0.25, -0.2) is 4.79 Å². The van der Waals surface area contributed by atoms with Crippen molar-refractivity contribution in [2.45, 2.75) is 31.8 Å². The van der Waals surface area contributed by atoms with Gasteiger partial charge in [-0.05, 0) is 49.5 Å². The molecule has 0 bridgehead atoms. The van der Waals surface area contributed by atoms with Crippen LogP contribution in [0.3, 0.4) is 0 Å². The van der Waals surface area contributed by atoms with E-state index >= 15 is 0 Å². The molecule has 0 saturated heterocycles. The lowest BCUT2D eigenvalue weighted by Crippen LogP contribution is -2.49. The third kappa shape index (κ3) is 10.4. The van der Waals surface area contributed by atoms with Crippen LogP contribution >= 0.6 is 47.4 Å². The Morgan fingerprint density at radius 1 is 1.27 bits per heavy atom. The zero-order chi connectivity index (χ0) is 21.6. The Bertz CT molecular complexity index is 634. The third-order valence-electron chi connectivity index (χ3n) is 4.28. The van der Waals surface area contributed by atoms with Crippen LogP contribution in [0.1, 0.15) is 18.9 Å². The van der Waals surface area contributed by atoms with Crippen molar-refractivity contribution in [1.29, 1.82) is 0 Å². The average Bonchev–Trinajstić information content (AvgIpc) is 2.71. The van der Waals surface area contributed by atoms with Crippen LogP contribution in [0, 0.1) is 0 Å². The van der Waals surface area contributed by atoms with E-state index < -0.39 is 18.1 Å². The summed E-state index contributed by atoms with van der Waals surface area (Å²) in [7, 11) is 0. The van der Waals surface area contributed by atoms with E-state index in [2.05, 4.69) is 10.2 Å². The van der Waals surface area contributed by atoms with Gasteiger partial charge in [-0.15, -0.1) is 35.6 Å². The smallest absolute Gasteiger partial charge is 0.328 e. The molecule has 0 aliphatic rings. The summed E-state index contributed by atoms with van der Waals surface area (Å²) < 4.78 is 5.06. The molecule has 1 aromatic rings. The highest BCUT2D eigenvalue weighted by Gasteiger charge is 2.24. The molecule has 2 atom stereocenters. The van der Waals surface area contributed by atoms with Crippen LogP contribution in [0.15, 0.2) is 24.3 Å². The first-order valence-electron chi connectivity index (χ1n) is 9.64. The Morgan fingerprint density at radius 2 is 1.93 bits per heavy atom. The monoisotopic (exact) mass is 499 g/mol. The molecule has 172 valence electrons. The summed E-state index contributed by atoms with van der Waals surface area (Å²) in [6.07, 6.45) is 2.80. The van der Waals surface area contributed by atoms with E-state index in [4.69, 9.17) is 33.7 Å². The van der Waals surface area contributed by atoms with Gasteiger partial charge in [-0.2, -0.15) is 11.8 Å². The van der Waals surface area contributed by atoms with Gasteiger partial charge in [0.2, 0.25) is 5.91 Å². The fourth-order valence-electron chi connectivity index (χ4n) is 2.81. The SMILES string of the molecule is CCOC(=O)[C@H](CCSC)NC(=O)[C@@H](N)Cc1cccc(N(CCCl)CCCl)c1.Cl. The van der Waals surface area contributed by atoms with E-state index in [1.807, 2.05) is 30.5 Å². The Kier molecular flexibility index (Phi) is 16.3. The van der Waals surface area contributed by atoms with Crippen molar-refractivity contribution in [3.05, 3.63) is 29.8 Å². The van der Waals surface area contributed by atoms with E-state index in [0.717, 1.165) is 17.0 Å². The number of hydrogen-bond acceptors (Lipinski definition) is 6. The molecular weight excluding hydrogens is 469 g/mol. The number of hydrogen-bond donors (Lipinski definition) is 2. The number of anilines is 1. The lowest BCUT2D eigenvalue weighted by molar-refractivity contribution is -0.147. The van der Waals surface area contributed by atoms with Gasteiger partial charge in [0.05, 0.1) is 12.6 Å².